The maximum atomic E-state index is 13.1. The van der Waals surface area contributed by atoms with Gasteiger partial charge in [-0.15, -0.1) is 0 Å². The van der Waals surface area contributed by atoms with Gasteiger partial charge in [-0.1, -0.05) is 50.1 Å². The van der Waals surface area contributed by atoms with Crippen molar-refractivity contribution in [2.45, 2.75) is 51.4 Å². The summed E-state index contributed by atoms with van der Waals surface area (Å²) in [5.41, 5.74) is 2.56. The summed E-state index contributed by atoms with van der Waals surface area (Å²) in [5.74, 6) is -0.458. The van der Waals surface area contributed by atoms with E-state index in [4.69, 9.17) is 9.57 Å². The molecule has 8 nitrogen and oxygen atoms in total. The van der Waals surface area contributed by atoms with Gasteiger partial charge in [-0.2, -0.15) is 10.2 Å². The number of fused-ring (bicyclic) bond motifs is 4. The van der Waals surface area contributed by atoms with Crippen molar-refractivity contribution in [3.05, 3.63) is 53.3 Å². The van der Waals surface area contributed by atoms with Gasteiger partial charge in [0.1, 0.15) is 12.6 Å². The van der Waals surface area contributed by atoms with Gasteiger partial charge in [0.25, 0.3) is 0 Å². The number of unbranched alkanes of at least 4 members (excludes halogenated alkanes) is 2. The molecule has 0 spiro atoms. The monoisotopic (exact) mass is 398 g/mol. The quantitative estimate of drug-likeness (QED) is 0.504. The number of hydrogen-bond acceptors (Lipinski definition) is 5. The number of aryl methyl sites for hydroxylation is 1. The van der Waals surface area contributed by atoms with Crippen LogP contribution in [0.3, 0.4) is 0 Å². The van der Waals surface area contributed by atoms with Crippen LogP contribution in [0, 0.1) is 0 Å². The lowest BCUT2D eigenvalue weighted by molar-refractivity contribution is -0.146. The Labute approximate surface area is 169 Å². The Morgan fingerprint density at radius 3 is 2.76 bits per heavy atom. The Balaban J connectivity index is 1.63. The molecule has 1 fully saturated rings. The minimum absolute atomic E-state index is 0.278. The van der Waals surface area contributed by atoms with Crippen LogP contribution in [-0.4, -0.2) is 45.4 Å². The Kier molecular flexibility index (Phi) is 5.53. The molecule has 2 aromatic rings. The molecule has 154 valence electrons. The van der Waals surface area contributed by atoms with E-state index in [9.17, 15) is 9.59 Å². The lowest BCUT2D eigenvalue weighted by Crippen LogP contribution is -2.40. The van der Waals surface area contributed by atoms with Gasteiger partial charge in [0, 0.05) is 12.1 Å². The molecule has 4 rings (SSSR count). The highest BCUT2D eigenvalue weighted by Crippen LogP contribution is 2.44. The number of aromatic nitrogens is 2. The van der Waals surface area contributed by atoms with Crippen LogP contribution in [-0.2, 0) is 27.5 Å². The molecule has 2 atom stereocenters. The molecule has 0 N–H and O–H groups in total. The SMILES string of the molecule is CCCCCn1ncc2c1[C@@H](C(=O)OC)N1C[C@@H]2N(OCc2ccccc2)C1=O. The Hall–Kier alpha value is -2.87. The van der Waals surface area contributed by atoms with Crippen LogP contribution >= 0.6 is 0 Å². The van der Waals surface area contributed by atoms with Crippen LogP contribution in [0.4, 0.5) is 4.79 Å². The van der Waals surface area contributed by atoms with Gasteiger partial charge in [-0.3, -0.25) is 9.52 Å². The van der Waals surface area contributed by atoms with E-state index in [0.29, 0.717) is 13.1 Å². The van der Waals surface area contributed by atoms with Crippen molar-refractivity contribution in [1.29, 1.82) is 0 Å². The molecular formula is C21H26N4O4. The summed E-state index contributed by atoms with van der Waals surface area (Å²) in [4.78, 5) is 33.1. The largest absolute Gasteiger partial charge is 0.467 e. The smallest absolute Gasteiger partial charge is 0.345 e. The fraction of sp³-hybridized carbons (Fsp3) is 0.476. The van der Waals surface area contributed by atoms with Crippen molar-refractivity contribution in [2.24, 2.45) is 0 Å². The molecule has 2 aliphatic rings. The third-order valence-electron chi connectivity index (χ3n) is 5.54. The predicted octanol–water partition coefficient (Wildman–Crippen LogP) is 3.21. The molecule has 1 aromatic carbocycles. The summed E-state index contributed by atoms with van der Waals surface area (Å²) >= 11 is 0. The van der Waals surface area contributed by atoms with E-state index in [-0.39, 0.29) is 18.7 Å². The first kappa shape index (κ1) is 19.4. The number of urea groups is 1. The maximum Gasteiger partial charge on any atom is 0.345 e. The summed E-state index contributed by atoms with van der Waals surface area (Å²) in [6.07, 6.45) is 4.90. The normalized spacial score (nSPS) is 20.1. The minimum Gasteiger partial charge on any atom is -0.467 e. The molecule has 8 heteroatoms. The molecule has 2 amide bonds. The summed E-state index contributed by atoms with van der Waals surface area (Å²) < 4.78 is 6.87. The van der Waals surface area contributed by atoms with E-state index in [0.717, 1.165) is 36.1 Å². The van der Waals surface area contributed by atoms with Crippen molar-refractivity contribution < 1.29 is 19.2 Å². The van der Waals surface area contributed by atoms with Gasteiger partial charge in [0.15, 0.2) is 6.04 Å². The van der Waals surface area contributed by atoms with E-state index >= 15 is 0 Å². The number of carbonyl (C=O) groups is 2. The van der Waals surface area contributed by atoms with Gasteiger partial charge < -0.3 is 9.64 Å². The molecule has 2 aliphatic heterocycles. The number of ether oxygens (including phenoxy) is 1. The van der Waals surface area contributed by atoms with Crippen LogP contribution < -0.4 is 0 Å². The zero-order chi connectivity index (χ0) is 20.4. The van der Waals surface area contributed by atoms with E-state index in [1.807, 2.05) is 35.0 Å². The van der Waals surface area contributed by atoms with E-state index < -0.39 is 12.0 Å². The van der Waals surface area contributed by atoms with Gasteiger partial charge in [-0.05, 0) is 12.0 Å². The van der Waals surface area contributed by atoms with Crippen molar-refractivity contribution in [2.75, 3.05) is 13.7 Å². The lowest BCUT2D eigenvalue weighted by Gasteiger charge is -2.29. The summed E-state index contributed by atoms with van der Waals surface area (Å²) in [7, 11) is 1.34. The summed E-state index contributed by atoms with van der Waals surface area (Å²) in [5, 5.41) is 5.90. The number of rotatable bonds is 8. The number of esters is 1. The fourth-order valence-electron chi connectivity index (χ4n) is 4.06. The van der Waals surface area contributed by atoms with E-state index in [1.54, 1.807) is 6.20 Å². The van der Waals surface area contributed by atoms with Crippen LogP contribution in [0.1, 0.15) is 55.1 Å². The Morgan fingerprint density at radius 1 is 1.24 bits per heavy atom. The number of hydroxylamine groups is 2. The average Bonchev–Trinajstić information content (AvgIpc) is 3.28. The van der Waals surface area contributed by atoms with Gasteiger partial charge >= 0.3 is 12.0 Å². The molecule has 0 radical (unpaired) electrons. The van der Waals surface area contributed by atoms with Crippen LogP contribution in [0.15, 0.2) is 36.5 Å². The third-order valence-corrected chi connectivity index (χ3v) is 5.54. The first-order chi connectivity index (χ1) is 14.2. The molecule has 2 bridgehead atoms. The molecule has 1 saturated heterocycles. The van der Waals surface area contributed by atoms with E-state index in [2.05, 4.69) is 12.0 Å². The second-order valence-corrected chi connectivity index (χ2v) is 7.38. The lowest BCUT2D eigenvalue weighted by atomic mass is 9.98. The summed E-state index contributed by atoms with van der Waals surface area (Å²) in [6, 6.07) is 8.27. The topological polar surface area (TPSA) is 76.9 Å². The van der Waals surface area contributed by atoms with Crippen LogP contribution in [0.25, 0.3) is 0 Å². The standard InChI is InChI=1S/C21H26N4O4/c1-3-4-8-11-24-18-16(12-22-24)17-13-23(19(18)20(26)28-2)21(27)25(17)29-14-15-9-6-5-7-10-15/h5-7,9-10,12,17,19H,3-4,8,11,13-14H2,1-2H3/t17-,19-/m0/s1. The van der Waals surface area contributed by atoms with Crippen molar-refractivity contribution >= 4 is 12.0 Å². The van der Waals surface area contributed by atoms with Crippen LogP contribution in [0.2, 0.25) is 0 Å². The Bertz CT molecular complexity index is 882. The molecule has 0 saturated carbocycles. The third kappa shape index (κ3) is 3.48. The number of nitrogens with zero attached hydrogens (tertiary/aromatic N) is 4. The number of methoxy groups -OCH3 is 1. The highest BCUT2D eigenvalue weighted by Gasteiger charge is 2.53. The molecule has 3 heterocycles. The fourth-order valence-corrected chi connectivity index (χ4v) is 4.06. The second-order valence-electron chi connectivity index (χ2n) is 7.38. The second kappa shape index (κ2) is 8.24. The average molecular weight is 398 g/mol. The number of carbonyl (C=O) groups excluding carboxylic acids is 2. The molecule has 29 heavy (non-hydrogen) atoms. The maximum absolute atomic E-state index is 13.1. The van der Waals surface area contributed by atoms with Gasteiger partial charge in [0.2, 0.25) is 0 Å². The van der Waals surface area contributed by atoms with Crippen molar-refractivity contribution in [3.63, 3.8) is 0 Å². The molecule has 1 aromatic heterocycles. The Morgan fingerprint density at radius 2 is 2.03 bits per heavy atom. The predicted molar refractivity (Wildman–Crippen MR) is 104 cm³/mol. The number of amides is 2. The number of hydrogen-bond donors (Lipinski definition) is 0. The molecule has 0 aliphatic carbocycles. The minimum atomic E-state index is -0.798. The summed E-state index contributed by atoms with van der Waals surface area (Å²) in [6.45, 7) is 3.50. The van der Waals surface area contributed by atoms with Gasteiger partial charge in [0.05, 0.1) is 25.5 Å². The van der Waals surface area contributed by atoms with Crippen LogP contribution in [0.5, 0.6) is 0 Å². The first-order valence-corrected chi connectivity index (χ1v) is 10.1. The molecular weight excluding hydrogens is 372 g/mol. The highest BCUT2D eigenvalue weighted by molar-refractivity contribution is 5.87. The zero-order valence-corrected chi connectivity index (χ0v) is 16.8. The van der Waals surface area contributed by atoms with Crippen molar-refractivity contribution in [3.8, 4) is 0 Å². The zero-order valence-electron chi connectivity index (χ0n) is 16.8. The highest BCUT2D eigenvalue weighted by atomic mass is 16.7. The first-order valence-electron chi connectivity index (χ1n) is 10.1. The number of benzene rings is 1. The van der Waals surface area contributed by atoms with Gasteiger partial charge in [-0.25, -0.2) is 9.59 Å². The van der Waals surface area contributed by atoms with E-state index in [1.165, 1.54) is 17.1 Å². The molecule has 0 unspecified atom stereocenters. The van der Waals surface area contributed by atoms with Crippen molar-refractivity contribution in [1.82, 2.24) is 19.7 Å².